The minimum absolute atomic E-state index is 0.0608. The van der Waals surface area contributed by atoms with Crippen LogP contribution in [0.3, 0.4) is 0 Å². The predicted octanol–water partition coefficient (Wildman–Crippen LogP) is 1.04. The molecule has 0 bridgehead atoms. The molecule has 3 aromatic rings. The molecular weight excluding hydrogens is 376 g/mol. The number of nitrogens with zero attached hydrogens (tertiary/aromatic N) is 4. The van der Waals surface area contributed by atoms with E-state index in [0.717, 1.165) is 16.7 Å². The molecular formula is C15H16N6O3S2. The number of aromatic amines is 1. The van der Waals surface area contributed by atoms with Gasteiger partial charge in [-0.1, -0.05) is 0 Å². The van der Waals surface area contributed by atoms with Crippen LogP contribution in [0.25, 0.3) is 11.0 Å². The molecule has 1 saturated heterocycles. The molecule has 1 fully saturated rings. The second-order valence-corrected chi connectivity index (χ2v) is 8.95. The van der Waals surface area contributed by atoms with Gasteiger partial charge in [0.05, 0.1) is 0 Å². The largest absolute Gasteiger partial charge is 0.351 e. The van der Waals surface area contributed by atoms with Crippen molar-refractivity contribution in [3.8, 4) is 0 Å². The van der Waals surface area contributed by atoms with E-state index in [1.807, 2.05) is 0 Å². The van der Waals surface area contributed by atoms with Crippen molar-refractivity contribution in [2.24, 2.45) is 0 Å². The number of H-pyrrole nitrogens is 1. The van der Waals surface area contributed by atoms with Crippen LogP contribution in [0.15, 0.2) is 39.0 Å². The number of aromatic nitrogens is 4. The quantitative estimate of drug-likeness (QED) is 0.680. The van der Waals surface area contributed by atoms with Crippen molar-refractivity contribution < 1.29 is 8.42 Å². The lowest BCUT2D eigenvalue weighted by Gasteiger charge is -2.30. The molecule has 0 unspecified atom stereocenters. The SMILES string of the molecule is O=c1ccc2cnc(NC3CCN(S(=O)(=O)c4nccs4)CC3)nc2[nH]1. The van der Waals surface area contributed by atoms with Crippen LogP contribution in [0.2, 0.25) is 0 Å². The fourth-order valence-corrected chi connectivity index (χ4v) is 5.31. The van der Waals surface area contributed by atoms with Gasteiger partial charge in [-0.3, -0.25) is 4.79 Å². The van der Waals surface area contributed by atoms with E-state index >= 15 is 0 Å². The summed E-state index contributed by atoms with van der Waals surface area (Å²) < 4.78 is 26.6. The van der Waals surface area contributed by atoms with Gasteiger partial charge in [-0.2, -0.15) is 9.29 Å². The number of hydrogen-bond acceptors (Lipinski definition) is 8. The molecule has 2 N–H and O–H groups in total. The molecule has 0 saturated carbocycles. The fourth-order valence-electron chi connectivity index (χ4n) is 2.88. The van der Waals surface area contributed by atoms with Crippen molar-refractivity contribution in [1.29, 1.82) is 0 Å². The Bertz CT molecular complexity index is 1070. The van der Waals surface area contributed by atoms with Crippen LogP contribution in [0.1, 0.15) is 12.8 Å². The van der Waals surface area contributed by atoms with Gasteiger partial charge in [0, 0.05) is 48.4 Å². The van der Waals surface area contributed by atoms with Crippen LogP contribution >= 0.6 is 11.3 Å². The van der Waals surface area contributed by atoms with Gasteiger partial charge in [-0.05, 0) is 18.9 Å². The van der Waals surface area contributed by atoms with Crippen LogP contribution in [0, 0.1) is 0 Å². The van der Waals surface area contributed by atoms with Gasteiger partial charge in [0.1, 0.15) is 5.65 Å². The molecule has 1 aliphatic rings. The van der Waals surface area contributed by atoms with Gasteiger partial charge in [-0.25, -0.2) is 18.4 Å². The Hall–Kier alpha value is -2.37. The Kier molecular flexibility index (Phi) is 4.42. The highest BCUT2D eigenvalue weighted by Gasteiger charge is 2.31. The first-order chi connectivity index (χ1) is 12.5. The van der Waals surface area contributed by atoms with Gasteiger partial charge in [0.15, 0.2) is 0 Å². The minimum atomic E-state index is -3.51. The number of nitrogens with one attached hydrogen (secondary N) is 2. The van der Waals surface area contributed by atoms with Crippen molar-refractivity contribution >= 4 is 38.3 Å². The predicted molar refractivity (Wildman–Crippen MR) is 97.7 cm³/mol. The first-order valence-electron chi connectivity index (χ1n) is 8.05. The zero-order valence-electron chi connectivity index (χ0n) is 13.6. The van der Waals surface area contributed by atoms with Crippen LogP contribution < -0.4 is 10.9 Å². The average molecular weight is 392 g/mol. The van der Waals surface area contributed by atoms with Gasteiger partial charge in [0.25, 0.3) is 10.0 Å². The molecule has 0 radical (unpaired) electrons. The van der Waals surface area contributed by atoms with E-state index in [2.05, 4.69) is 25.3 Å². The second-order valence-electron chi connectivity index (χ2n) is 5.94. The summed E-state index contributed by atoms with van der Waals surface area (Å²) in [6.45, 7) is 0.813. The van der Waals surface area contributed by atoms with Crippen LogP contribution in [-0.2, 0) is 10.0 Å². The van der Waals surface area contributed by atoms with E-state index in [1.165, 1.54) is 16.6 Å². The van der Waals surface area contributed by atoms with Crippen molar-refractivity contribution in [2.45, 2.75) is 23.2 Å². The molecule has 11 heteroatoms. The number of piperidine rings is 1. The Morgan fingerprint density at radius 3 is 2.77 bits per heavy atom. The molecule has 0 spiro atoms. The molecule has 4 heterocycles. The number of thiazole rings is 1. The highest BCUT2D eigenvalue weighted by Crippen LogP contribution is 2.23. The lowest BCUT2D eigenvalue weighted by Crippen LogP contribution is -2.42. The molecule has 26 heavy (non-hydrogen) atoms. The van der Waals surface area contributed by atoms with E-state index in [9.17, 15) is 13.2 Å². The van der Waals surface area contributed by atoms with Gasteiger partial charge >= 0.3 is 0 Å². The van der Waals surface area contributed by atoms with E-state index in [1.54, 1.807) is 17.6 Å². The lowest BCUT2D eigenvalue weighted by atomic mass is 10.1. The molecule has 9 nitrogen and oxygen atoms in total. The first-order valence-corrected chi connectivity index (χ1v) is 10.4. The molecule has 1 aliphatic heterocycles. The monoisotopic (exact) mass is 392 g/mol. The maximum atomic E-state index is 12.5. The second kappa shape index (κ2) is 6.74. The van der Waals surface area contributed by atoms with Gasteiger partial charge in [0.2, 0.25) is 15.8 Å². The van der Waals surface area contributed by atoms with Gasteiger partial charge < -0.3 is 10.3 Å². The zero-order valence-corrected chi connectivity index (χ0v) is 15.3. The van der Waals surface area contributed by atoms with Crippen LogP contribution in [-0.4, -0.2) is 51.8 Å². The summed E-state index contributed by atoms with van der Waals surface area (Å²) in [5.74, 6) is 0.417. The third-order valence-corrected chi connectivity index (χ3v) is 7.31. The number of anilines is 1. The van der Waals surface area contributed by atoms with Crippen molar-refractivity contribution in [2.75, 3.05) is 18.4 Å². The summed E-state index contributed by atoms with van der Waals surface area (Å²) in [6, 6.07) is 3.16. The summed E-state index contributed by atoms with van der Waals surface area (Å²) in [4.78, 5) is 26.6. The Balaban J connectivity index is 1.43. The highest BCUT2D eigenvalue weighted by molar-refractivity contribution is 7.91. The van der Waals surface area contributed by atoms with E-state index in [-0.39, 0.29) is 15.9 Å². The molecule has 136 valence electrons. The maximum absolute atomic E-state index is 12.5. The highest BCUT2D eigenvalue weighted by atomic mass is 32.2. The normalized spacial score (nSPS) is 16.8. The maximum Gasteiger partial charge on any atom is 0.270 e. The van der Waals surface area contributed by atoms with Crippen molar-refractivity contribution in [3.63, 3.8) is 0 Å². The van der Waals surface area contributed by atoms with Crippen molar-refractivity contribution in [1.82, 2.24) is 24.2 Å². The smallest absolute Gasteiger partial charge is 0.270 e. The number of hydrogen-bond donors (Lipinski definition) is 2. The van der Waals surface area contributed by atoms with E-state index in [4.69, 9.17) is 0 Å². The Morgan fingerprint density at radius 1 is 1.23 bits per heavy atom. The Morgan fingerprint density at radius 2 is 2.04 bits per heavy atom. The molecule has 3 aromatic heterocycles. The van der Waals surface area contributed by atoms with E-state index < -0.39 is 10.0 Å². The molecule has 0 atom stereocenters. The van der Waals surface area contributed by atoms with Crippen LogP contribution in [0.5, 0.6) is 0 Å². The summed E-state index contributed by atoms with van der Waals surface area (Å²) in [7, 11) is -3.51. The third kappa shape index (κ3) is 3.32. The zero-order chi connectivity index (χ0) is 18.1. The topological polar surface area (TPSA) is 121 Å². The molecule has 4 rings (SSSR count). The van der Waals surface area contributed by atoms with Gasteiger partial charge in [-0.15, -0.1) is 11.3 Å². The minimum Gasteiger partial charge on any atom is -0.351 e. The summed E-state index contributed by atoms with van der Waals surface area (Å²) in [5, 5.41) is 5.63. The Labute approximate surface area is 153 Å². The fraction of sp³-hybridized carbons (Fsp3) is 0.333. The van der Waals surface area contributed by atoms with Crippen LogP contribution in [0.4, 0.5) is 5.95 Å². The number of fused-ring (bicyclic) bond motifs is 1. The third-order valence-electron chi connectivity index (χ3n) is 4.23. The molecule has 0 aromatic carbocycles. The summed E-state index contributed by atoms with van der Waals surface area (Å²) >= 11 is 1.12. The molecule has 0 amide bonds. The lowest BCUT2D eigenvalue weighted by molar-refractivity contribution is 0.329. The summed E-state index contributed by atoms with van der Waals surface area (Å²) in [6.07, 6.45) is 4.41. The first kappa shape index (κ1) is 17.1. The van der Waals surface area contributed by atoms with E-state index in [0.29, 0.717) is 37.5 Å². The molecule has 0 aliphatic carbocycles. The van der Waals surface area contributed by atoms with Crippen molar-refractivity contribution in [3.05, 3.63) is 40.3 Å². The number of sulfonamides is 1. The average Bonchev–Trinajstić information content (AvgIpc) is 3.17. The number of pyridine rings is 1. The summed E-state index contributed by atoms with van der Waals surface area (Å²) in [5.41, 5.74) is 0.252. The number of rotatable bonds is 4. The standard InChI is InChI=1S/C15H16N6O3S2/c22-12-2-1-10-9-17-14(20-13(10)19-12)18-11-3-6-21(7-4-11)26(23,24)15-16-5-8-25-15/h1-2,5,8-9,11H,3-4,6-7H2,(H2,17,18,19,20,22).